The van der Waals surface area contributed by atoms with Crippen LogP contribution < -0.4 is 10.6 Å². The Balaban J connectivity index is 1.55. The Kier molecular flexibility index (Phi) is 6.49. The third-order valence-electron chi connectivity index (χ3n) is 4.07. The molecule has 28 heavy (non-hydrogen) atoms. The number of aromatic nitrogens is 1. The molecule has 144 valence electrons. The lowest BCUT2D eigenvalue weighted by Gasteiger charge is -2.06. The first kappa shape index (κ1) is 19.7. The molecule has 2 aromatic carbocycles. The highest BCUT2D eigenvalue weighted by molar-refractivity contribution is 7.14. The highest BCUT2D eigenvalue weighted by Gasteiger charge is 2.13. The molecule has 3 rings (SSSR count). The topological polar surface area (TPSA) is 71.1 Å². The fourth-order valence-corrected chi connectivity index (χ4v) is 3.40. The van der Waals surface area contributed by atoms with Crippen molar-refractivity contribution in [2.24, 2.45) is 0 Å². The molecule has 7 heteroatoms. The molecule has 5 nitrogen and oxygen atoms in total. The van der Waals surface area contributed by atoms with Crippen molar-refractivity contribution in [3.8, 4) is 11.3 Å². The van der Waals surface area contributed by atoms with E-state index in [9.17, 15) is 14.0 Å². The molecule has 0 unspecified atom stereocenters. The first-order valence-electron chi connectivity index (χ1n) is 8.94. The first-order chi connectivity index (χ1) is 13.6. The van der Waals surface area contributed by atoms with Crippen LogP contribution in [0.5, 0.6) is 0 Å². The third kappa shape index (κ3) is 5.01. The van der Waals surface area contributed by atoms with Gasteiger partial charge in [-0.05, 0) is 24.1 Å². The molecule has 1 heterocycles. The molecule has 0 radical (unpaired) electrons. The highest BCUT2D eigenvalue weighted by atomic mass is 32.1. The second-order valence-electron chi connectivity index (χ2n) is 6.20. The van der Waals surface area contributed by atoms with E-state index in [1.54, 1.807) is 6.07 Å². The Bertz CT molecular complexity index is 970. The van der Waals surface area contributed by atoms with Gasteiger partial charge in [0.25, 0.3) is 5.91 Å². The largest absolute Gasteiger partial charge is 0.343 e. The Hall–Kier alpha value is -3.06. The van der Waals surface area contributed by atoms with Crippen molar-refractivity contribution in [2.75, 3.05) is 11.9 Å². The van der Waals surface area contributed by atoms with Gasteiger partial charge in [0.1, 0.15) is 5.82 Å². The van der Waals surface area contributed by atoms with Crippen LogP contribution in [-0.2, 0) is 11.2 Å². The monoisotopic (exact) mass is 397 g/mol. The number of hydrogen-bond donors (Lipinski definition) is 2. The summed E-state index contributed by atoms with van der Waals surface area (Å²) in [4.78, 5) is 28.4. The molecule has 1 aromatic heterocycles. The summed E-state index contributed by atoms with van der Waals surface area (Å²) in [7, 11) is 0. The second kappa shape index (κ2) is 9.23. The van der Waals surface area contributed by atoms with E-state index in [1.807, 2.05) is 17.5 Å². The van der Waals surface area contributed by atoms with Gasteiger partial charge in [-0.3, -0.25) is 9.59 Å². The predicted octanol–water partition coefficient (Wildman–Crippen LogP) is 4.27. The number of carbonyl (C=O) groups is 2. The van der Waals surface area contributed by atoms with E-state index in [-0.39, 0.29) is 12.1 Å². The fourth-order valence-electron chi connectivity index (χ4n) is 2.66. The standard InChI is InChI=1S/C21H20FN3O2S/c1-2-5-14-8-10-15(11-9-14)18-13-28-21(24-18)25-19(26)12-23-20(27)16-6-3-4-7-17(16)22/h3-4,6-11,13H,2,5,12H2,1H3,(H,23,27)(H,24,25,26). The highest BCUT2D eigenvalue weighted by Crippen LogP contribution is 2.25. The van der Waals surface area contributed by atoms with E-state index < -0.39 is 17.6 Å². The van der Waals surface area contributed by atoms with Gasteiger partial charge in [0, 0.05) is 10.9 Å². The van der Waals surface area contributed by atoms with E-state index in [1.165, 1.54) is 35.1 Å². The summed E-state index contributed by atoms with van der Waals surface area (Å²) in [5.74, 6) is -1.70. The Morgan fingerprint density at radius 1 is 1.11 bits per heavy atom. The average Bonchev–Trinajstić information content (AvgIpc) is 3.16. The second-order valence-corrected chi connectivity index (χ2v) is 7.05. The number of rotatable bonds is 7. The van der Waals surface area contributed by atoms with Crippen LogP contribution in [0.2, 0.25) is 0 Å². The van der Waals surface area contributed by atoms with Crippen LogP contribution in [0, 0.1) is 5.82 Å². The molecule has 0 aliphatic rings. The van der Waals surface area contributed by atoms with Gasteiger partial charge in [0.2, 0.25) is 5.91 Å². The minimum Gasteiger partial charge on any atom is -0.343 e. The molecular formula is C21H20FN3O2S. The summed E-state index contributed by atoms with van der Waals surface area (Å²) in [6.45, 7) is 1.87. The Morgan fingerprint density at radius 3 is 2.57 bits per heavy atom. The van der Waals surface area contributed by atoms with Crippen molar-refractivity contribution < 1.29 is 14.0 Å². The van der Waals surface area contributed by atoms with Crippen LogP contribution in [0.4, 0.5) is 9.52 Å². The van der Waals surface area contributed by atoms with Crippen LogP contribution in [0.25, 0.3) is 11.3 Å². The average molecular weight is 397 g/mol. The van der Waals surface area contributed by atoms with Crippen LogP contribution in [0.1, 0.15) is 29.3 Å². The molecule has 0 aliphatic carbocycles. The number of aryl methyl sites for hydroxylation is 1. The van der Waals surface area contributed by atoms with E-state index in [2.05, 4.69) is 34.7 Å². The van der Waals surface area contributed by atoms with Gasteiger partial charge in [-0.2, -0.15) is 0 Å². The number of halogens is 1. The molecule has 0 aliphatic heterocycles. The normalized spacial score (nSPS) is 10.5. The van der Waals surface area contributed by atoms with Crippen LogP contribution in [0.3, 0.4) is 0 Å². The van der Waals surface area contributed by atoms with Crippen LogP contribution in [-0.4, -0.2) is 23.3 Å². The van der Waals surface area contributed by atoms with Crippen molar-refractivity contribution in [1.82, 2.24) is 10.3 Å². The maximum atomic E-state index is 13.6. The number of carbonyl (C=O) groups excluding carboxylic acids is 2. The van der Waals surface area contributed by atoms with E-state index in [0.717, 1.165) is 24.1 Å². The lowest BCUT2D eigenvalue weighted by atomic mass is 10.1. The minimum atomic E-state index is -0.639. The van der Waals surface area contributed by atoms with Crippen molar-refractivity contribution in [3.05, 3.63) is 70.9 Å². The van der Waals surface area contributed by atoms with Crippen LogP contribution in [0.15, 0.2) is 53.9 Å². The number of amides is 2. The summed E-state index contributed by atoms with van der Waals surface area (Å²) in [5, 5.41) is 7.35. The number of benzene rings is 2. The van der Waals surface area contributed by atoms with Crippen molar-refractivity contribution in [2.45, 2.75) is 19.8 Å². The summed E-state index contributed by atoms with van der Waals surface area (Å²) < 4.78 is 13.6. The number of nitrogens with zero attached hydrogens (tertiary/aromatic N) is 1. The zero-order valence-electron chi connectivity index (χ0n) is 15.4. The SMILES string of the molecule is CCCc1ccc(-c2csc(NC(=O)CNC(=O)c3ccccc3F)n2)cc1. The predicted molar refractivity (Wildman–Crippen MR) is 109 cm³/mol. The quantitative estimate of drug-likeness (QED) is 0.625. The molecule has 2 amide bonds. The third-order valence-corrected chi connectivity index (χ3v) is 4.82. The van der Waals surface area contributed by atoms with Gasteiger partial charge >= 0.3 is 0 Å². The maximum Gasteiger partial charge on any atom is 0.254 e. The van der Waals surface area contributed by atoms with Gasteiger partial charge in [0.15, 0.2) is 5.13 Å². The molecule has 0 saturated carbocycles. The smallest absolute Gasteiger partial charge is 0.254 e. The number of anilines is 1. The lowest BCUT2D eigenvalue weighted by molar-refractivity contribution is -0.115. The molecule has 2 N–H and O–H groups in total. The van der Waals surface area contributed by atoms with Crippen LogP contribution >= 0.6 is 11.3 Å². The van der Waals surface area contributed by atoms with E-state index >= 15 is 0 Å². The van der Waals surface area contributed by atoms with Crippen molar-refractivity contribution in [3.63, 3.8) is 0 Å². The Morgan fingerprint density at radius 2 is 1.86 bits per heavy atom. The van der Waals surface area contributed by atoms with Crippen molar-refractivity contribution in [1.29, 1.82) is 0 Å². The summed E-state index contributed by atoms with van der Waals surface area (Å²) in [5.41, 5.74) is 2.93. The van der Waals surface area contributed by atoms with E-state index in [4.69, 9.17) is 0 Å². The molecule has 0 spiro atoms. The molecule has 0 atom stereocenters. The van der Waals surface area contributed by atoms with Crippen molar-refractivity contribution >= 4 is 28.3 Å². The molecule has 0 saturated heterocycles. The zero-order chi connectivity index (χ0) is 19.9. The Labute approximate surface area is 166 Å². The van der Waals surface area contributed by atoms with Gasteiger partial charge in [0.05, 0.1) is 17.8 Å². The lowest BCUT2D eigenvalue weighted by Crippen LogP contribution is -2.33. The number of thiazole rings is 1. The maximum absolute atomic E-state index is 13.6. The first-order valence-corrected chi connectivity index (χ1v) is 9.82. The number of hydrogen-bond acceptors (Lipinski definition) is 4. The fraction of sp³-hybridized carbons (Fsp3) is 0.190. The molecule has 0 fully saturated rings. The van der Waals surface area contributed by atoms with Gasteiger partial charge < -0.3 is 10.6 Å². The zero-order valence-corrected chi connectivity index (χ0v) is 16.2. The van der Waals surface area contributed by atoms with Gasteiger partial charge in [-0.1, -0.05) is 49.7 Å². The summed E-state index contributed by atoms with van der Waals surface area (Å²) in [6, 6.07) is 13.8. The molecule has 0 bridgehead atoms. The number of nitrogens with one attached hydrogen (secondary N) is 2. The van der Waals surface area contributed by atoms with Gasteiger partial charge in [-0.15, -0.1) is 11.3 Å². The summed E-state index contributed by atoms with van der Waals surface area (Å²) >= 11 is 1.30. The molecule has 3 aromatic rings. The van der Waals surface area contributed by atoms with E-state index in [0.29, 0.717) is 5.13 Å². The minimum absolute atomic E-state index is 0.0987. The molecular weight excluding hydrogens is 377 g/mol. The summed E-state index contributed by atoms with van der Waals surface area (Å²) in [6.07, 6.45) is 2.14. The van der Waals surface area contributed by atoms with Gasteiger partial charge in [-0.25, -0.2) is 9.37 Å².